The van der Waals surface area contributed by atoms with Crippen molar-refractivity contribution in [3.05, 3.63) is 50.5 Å². The van der Waals surface area contributed by atoms with Crippen LogP contribution < -0.4 is 10.3 Å². The van der Waals surface area contributed by atoms with E-state index in [4.69, 9.17) is 4.74 Å². The number of aromatic nitrogens is 4. The number of thiophene rings is 1. The first-order chi connectivity index (χ1) is 12.7. The number of nitrogens with zero attached hydrogens (tertiary/aromatic N) is 4. The molecule has 8 heteroatoms. The van der Waals surface area contributed by atoms with Crippen molar-refractivity contribution >= 4 is 37.9 Å². The van der Waals surface area contributed by atoms with E-state index in [1.807, 2.05) is 5.38 Å². The van der Waals surface area contributed by atoms with Gasteiger partial charge in [0.1, 0.15) is 17.8 Å². The Kier molecular flexibility index (Phi) is 3.75. The van der Waals surface area contributed by atoms with Crippen LogP contribution in [0.25, 0.3) is 15.2 Å². The van der Waals surface area contributed by atoms with Gasteiger partial charge in [-0.15, -0.1) is 22.7 Å². The highest BCUT2D eigenvalue weighted by Gasteiger charge is 2.23. The molecule has 0 N–H and O–H groups in total. The van der Waals surface area contributed by atoms with Gasteiger partial charge in [0.15, 0.2) is 4.96 Å². The van der Waals surface area contributed by atoms with E-state index in [0.717, 1.165) is 23.1 Å². The Morgan fingerprint density at radius 2 is 2.31 bits per heavy atom. The fourth-order valence-electron chi connectivity index (χ4n) is 3.46. The summed E-state index contributed by atoms with van der Waals surface area (Å²) < 4.78 is 7.52. The topological polar surface area (TPSA) is 69.4 Å². The lowest BCUT2D eigenvalue weighted by Crippen LogP contribution is -2.14. The average Bonchev–Trinajstić information content (AvgIpc) is 3.23. The van der Waals surface area contributed by atoms with Gasteiger partial charge in [0.05, 0.1) is 11.1 Å². The molecule has 0 spiro atoms. The molecular formula is C18H16N4O2S2. The third-order valence-electron chi connectivity index (χ3n) is 4.77. The molecule has 0 radical (unpaired) electrons. The molecule has 26 heavy (non-hydrogen) atoms. The van der Waals surface area contributed by atoms with E-state index in [1.54, 1.807) is 23.9 Å². The summed E-state index contributed by atoms with van der Waals surface area (Å²) in [5.41, 5.74) is 1.85. The minimum atomic E-state index is -0.0930. The number of rotatable bonds is 3. The Bertz CT molecular complexity index is 1180. The van der Waals surface area contributed by atoms with Gasteiger partial charge in [-0.1, -0.05) is 6.92 Å². The van der Waals surface area contributed by atoms with Gasteiger partial charge >= 0.3 is 0 Å². The second kappa shape index (κ2) is 6.14. The smallest absolute Gasteiger partial charge is 0.258 e. The molecule has 0 fully saturated rings. The van der Waals surface area contributed by atoms with Crippen molar-refractivity contribution in [2.45, 2.75) is 32.8 Å². The van der Waals surface area contributed by atoms with Crippen LogP contribution in [0.2, 0.25) is 0 Å². The van der Waals surface area contributed by atoms with Crippen LogP contribution in [-0.2, 0) is 19.4 Å². The molecule has 4 aromatic rings. The van der Waals surface area contributed by atoms with E-state index in [1.165, 1.54) is 38.7 Å². The van der Waals surface area contributed by atoms with Crippen molar-refractivity contribution in [3.63, 3.8) is 0 Å². The van der Waals surface area contributed by atoms with E-state index < -0.39 is 0 Å². The quantitative estimate of drug-likeness (QED) is 0.541. The molecule has 5 rings (SSSR count). The molecule has 0 saturated carbocycles. The van der Waals surface area contributed by atoms with Gasteiger partial charge in [-0.2, -0.15) is 0 Å². The summed E-state index contributed by atoms with van der Waals surface area (Å²) in [6, 6.07) is 1.52. The second-order valence-corrected chi connectivity index (χ2v) is 8.60. The van der Waals surface area contributed by atoms with Crippen molar-refractivity contribution in [1.82, 2.24) is 19.4 Å². The molecular weight excluding hydrogens is 368 g/mol. The normalized spacial score (nSPS) is 16.9. The van der Waals surface area contributed by atoms with E-state index >= 15 is 0 Å². The van der Waals surface area contributed by atoms with Crippen molar-refractivity contribution in [3.8, 4) is 5.88 Å². The summed E-state index contributed by atoms with van der Waals surface area (Å²) in [4.78, 5) is 28.5. The van der Waals surface area contributed by atoms with Crippen molar-refractivity contribution < 1.29 is 4.74 Å². The zero-order chi connectivity index (χ0) is 17.7. The summed E-state index contributed by atoms with van der Waals surface area (Å²) in [5, 5.41) is 2.88. The predicted molar refractivity (Wildman–Crippen MR) is 102 cm³/mol. The largest absolute Gasteiger partial charge is 0.471 e. The van der Waals surface area contributed by atoms with Crippen LogP contribution in [-0.4, -0.2) is 19.4 Å². The van der Waals surface area contributed by atoms with Crippen LogP contribution in [0.3, 0.4) is 0 Å². The van der Waals surface area contributed by atoms with E-state index in [-0.39, 0.29) is 12.2 Å². The number of fused-ring (bicyclic) bond motifs is 4. The summed E-state index contributed by atoms with van der Waals surface area (Å²) in [6.07, 6.45) is 6.60. The Morgan fingerprint density at radius 1 is 1.38 bits per heavy atom. The van der Waals surface area contributed by atoms with Crippen LogP contribution in [0.4, 0.5) is 0 Å². The number of aryl methyl sites for hydroxylation is 1. The molecule has 1 aliphatic carbocycles. The van der Waals surface area contributed by atoms with Crippen molar-refractivity contribution in [2.75, 3.05) is 0 Å². The van der Waals surface area contributed by atoms with Crippen LogP contribution in [0, 0.1) is 5.92 Å². The minimum Gasteiger partial charge on any atom is -0.471 e. The summed E-state index contributed by atoms with van der Waals surface area (Å²) >= 11 is 3.18. The maximum absolute atomic E-state index is 12.1. The van der Waals surface area contributed by atoms with Crippen LogP contribution in [0.15, 0.2) is 28.8 Å². The first-order valence-electron chi connectivity index (χ1n) is 8.53. The van der Waals surface area contributed by atoms with Gasteiger partial charge in [0.25, 0.3) is 5.56 Å². The highest BCUT2D eigenvalue weighted by molar-refractivity contribution is 7.18. The monoisotopic (exact) mass is 384 g/mol. The van der Waals surface area contributed by atoms with Gasteiger partial charge in [0, 0.05) is 22.5 Å². The number of hydrogen-bond acceptors (Lipinski definition) is 7. The Hall–Kier alpha value is -2.32. The van der Waals surface area contributed by atoms with E-state index in [9.17, 15) is 4.79 Å². The predicted octanol–water partition coefficient (Wildman–Crippen LogP) is 3.46. The Balaban J connectivity index is 1.50. The standard InChI is InChI=1S/C18H16N4O2S2/c1-10-2-3-12-13(6-10)26-17-15(12)16(19-9-20-17)24-8-11-7-14(23)22-4-5-25-18(22)21-11/h4-5,7,9-10H,2-3,6,8H2,1H3/t10-/m0/s1. The Morgan fingerprint density at radius 3 is 3.23 bits per heavy atom. The maximum atomic E-state index is 12.1. The minimum absolute atomic E-state index is 0.0930. The lowest BCUT2D eigenvalue weighted by molar-refractivity contribution is 0.293. The van der Waals surface area contributed by atoms with Gasteiger partial charge in [0.2, 0.25) is 5.88 Å². The van der Waals surface area contributed by atoms with Crippen LogP contribution in [0.1, 0.15) is 29.5 Å². The van der Waals surface area contributed by atoms with Crippen molar-refractivity contribution in [2.24, 2.45) is 5.92 Å². The molecule has 4 aromatic heterocycles. The average molecular weight is 384 g/mol. The molecule has 4 heterocycles. The molecule has 1 aliphatic rings. The number of hydrogen-bond donors (Lipinski definition) is 0. The maximum Gasteiger partial charge on any atom is 0.258 e. The molecule has 0 aromatic carbocycles. The van der Waals surface area contributed by atoms with Gasteiger partial charge < -0.3 is 4.74 Å². The summed E-state index contributed by atoms with van der Waals surface area (Å²) in [7, 11) is 0. The molecule has 0 aliphatic heterocycles. The fraction of sp³-hybridized carbons (Fsp3) is 0.333. The lowest BCUT2D eigenvalue weighted by Gasteiger charge is -2.18. The number of ether oxygens (including phenoxy) is 1. The molecule has 0 bridgehead atoms. The van der Waals surface area contributed by atoms with Crippen LogP contribution in [0.5, 0.6) is 5.88 Å². The van der Waals surface area contributed by atoms with Gasteiger partial charge in [-0.25, -0.2) is 15.0 Å². The van der Waals surface area contributed by atoms with E-state index in [2.05, 4.69) is 21.9 Å². The van der Waals surface area contributed by atoms with Crippen LogP contribution >= 0.6 is 22.7 Å². The van der Waals surface area contributed by atoms with Gasteiger partial charge in [-0.3, -0.25) is 9.20 Å². The third kappa shape index (κ3) is 2.60. The lowest BCUT2D eigenvalue weighted by atomic mass is 9.89. The summed E-state index contributed by atoms with van der Waals surface area (Å²) in [5.74, 6) is 1.30. The zero-order valence-corrected chi connectivity index (χ0v) is 15.8. The fourth-order valence-corrected chi connectivity index (χ4v) is 5.54. The molecule has 0 saturated heterocycles. The number of thiazole rings is 1. The third-order valence-corrected chi connectivity index (χ3v) is 6.69. The first-order valence-corrected chi connectivity index (χ1v) is 10.2. The summed E-state index contributed by atoms with van der Waals surface area (Å²) in [6.45, 7) is 2.51. The second-order valence-electron chi connectivity index (χ2n) is 6.64. The van der Waals surface area contributed by atoms with Gasteiger partial charge in [-0.05, 0) is 30.7 Å². The van der Waals surface area contributed by atoms with E-state index in [0.29, 0.717) is 22.5 Å². The molecule has 0 unspecified atom stereocenters. The Labute approximate surface area is 157 Å². The highest BCUT2D eigenvalue weighted by Crippen LogP contribution is 2.40. The molecule has 0 amide bonds. The zero-order valence-electron chi connectivity index (χ0n) is 14.1. The van der Waals surface area contributed by atoms with Crippen molar-refractivity contribution in [1.29, 1.82) is 0 Å². The SMILES string of the molecule is C[C@H]1CCc2c(sc3ncnc(OCc4cc(=O)n5ccsc5n4)c23)C1. The molecule has 1 atom stereocenters. The highest BCUT2D eigenvalue weighted by atomic mass is 32.1. The molecule has 6 nitrogen and oxygen atoms in total. The molecule has 132 valence electrons. The first kappa shape index (κ1) is 15.9.